The molecule has 134 valence electrons. The third-order valence-corrected chi connectivity index (χ3v) is 6.10. The monoisotopic (exact) mass is 337 g/mol. The van der Waals surface area contributed by atoms with Crippen LogP contribution in [0, 0.1) is 29.4 Å². The lowest BCUT2D eigenvalue weighted by molar-refractivity contribution is 0.156. The van der Waals surface area contributed by atoms with E-state index in [0.717, 1.165) is 30.9 Å². The van der Waals surface area contributed by atoms with E-state index in [1.54, 1.807) is 0 Å². The molecule has 1 aromatic rings. The van der Waals surface area contributed by atoms with Gasteiger partial charge >= 0.3 is 0 Å². The SMILES string of the molecule is [2H][C@@H]1C[C@@H](C2CCC(CCCC)CC2)CC([2H])([2H])C1c1ccc(F)c(F)c1. The third-order valence-electron chi connectivity index (χ3n) is 6.10. The summed E-state index contributed by atoms with van der Waals surface area (Å²) in [5, 5.41) is 0. The van der Waals surface area contributed by atoms with Gasteiger partial charge in [-0.2, -0.15) is 0 Å². The van der Waals surface area contributed by atoms with Gasteiger partial charge in [-0.3, -0.25) is 0 Å². The molecule has 2 saturated carbocycles. The van der Waals surface area contributed by atoms with E-state index < -0.39 is 30.3 Å². The van der Waals surface area contributed by atoms with E-state index >= 15 is 0 Å². The molecule has 24 heavy (non-hydrogen) atoms. The maximum absolute atomic E-state index is 13.6. The molecule has 0 aliphatic heterocycles. The summed E-state index contributed by atoms with van der Waals surface area (Å²) in [7, 11) is 0. The van der Waals surface area contributed by atoms with E-state index in [1.807, 2.05) is 0 Å². The molecule has 2 aliphatic carbocycles. The molecule has 0 radical (unpaired) electrons. The van der Waals surface area contributed by atoms with E-state index in [2.05, 4.69) is 6.92 Å². The van der Waals surface area contributed by atoms with Crippen LogP contribution < -0.4 is 0 Å². The Hall–Kier alpha value is -0.920. The highest BCUT2D eigenvalue weighted by atomic mass is 19.2. The summed E-state index contributed by atoms with van der Waals surface area (Å²) in [5.74, 6) is -1.00. The first-order valence-corrected chi connectivity index (χ1v) is 9.69. The molecule has 0 N–H and O–H groups in total. The Morgan fingerprint density at radius 2 is 1.75 bits per heavy atom. The predicted molar refractivity (Wildman–Crippen MR) is 96.0 cm³/mol. The van der Waals surface area contributed by atoms with Crippen molar-refractivity contribution in [3.63, 3.8) is 0 Å². The maximum Gasteiger partial charge on any atom is 0.159 e. The lowest BCUT2D eigenvalue weighted by Gasteiger charge is -2.38. The predicted octanol–water partition coefficient (Wildman–Crippen LogP) is 7.24. The molecule has 0 aromatic heterocycles. The number of unbranched alkanes of at least 4 members (excludes halogenated alkanes) is 1. The van der Waals surface area contributed by atoms with E-state index in [0.29, 0.717) is 24.3 Å². The second-order valence-electron chi connectivity index (χ2n) is 7.71. The van der Waals surface area contributed by atoms with Gasteiger partial charge < -0.3 is 0 Å². The first kappa shape index (κ1) is 14.3. The number of hydrogen-bond acceptors (Lipinski definition) is 0. The molecule has 2 heteroatoms. The fourth-order valence-corrected chi connectivity index (χ4v) is 4.52. The van der Waals surface area contributed by atoms with Gasteiger partial charge in [-0.05, 0) is 79.8 Å². The second kappa shape index (κ2) is 8.45. The fourth-order valence-electron chi connectivity index (χ4n) is 4.52. The molecular weight excluding hydrogens is 302 g/mol. The van der Waals surface area contributed by atoms with Gasteiger partial charge in [0.05, 0.1) is 0 Å². The summed E-state index contributed by atoms with van der Waals surface area (Å²) in [4.78, 5) is 0. The molecule has 0 nitrogen and oxygen atoms in total. The first-order valence-electron chi connectivity index (χ1n) is 11.3. The molecule has 3 atom stereocenters. The van der Waals surface area contributed by atoms with Gasteiger partial charge in [0, 0.05) is 4.11 Å². The molecular formula is C22H32F2. The van der Waals surface area contributed by atoms with Crippen molar-refractivity contribution in [2.75, 3.05) is 0 Å². The standard InChI is InChI=1S/C22H32F2/c1-2-3-4-16-5-7-17(8-6-16)18-9-11-19(12-10-18)20-13-14-21(23)22(24)15-20/h13-19H,2-12H2,1H3/t16?,17?,18-,19?/i11D,12D2/t11-,16?,17?,18-,19?/m1/s1. The molecule has 0 spiro atoms. The Morgan fingerprint density at radius 1 is 1.00 bits per heavy atom. The van der Waals surface area contributed by atoms with E-state index in [4.69, 9.17) is 4.11 Å². The summed E-state index contributed by atoms with van der Waals surface area (Å²) in [6, 6.07) is 3.58. The highest BCUT2D eigenvalue weighted by molar-refractivity contribution is 5.22. The summed E-state index contributed by atoms with van der Waals surface area (Å²) in [6.07, 6.45) is 7.55. The Balaban J connectivity index is 1.66. The molecule has 0 bridgehead atoms. The fraction of sp³-hybridized carbons (Fsp3) is 0.727. The number of hydrogen-bond donors (Lipinski definition) is 0. The van der Waals surface area contributed by atoms with Crippen LogP contribution in [0.2, 0.25) is 0 Å². The van der Waals surface area contributed by atoms with Crippen molar-refractivity contribution in [3.05, 3.63) is 35.4 Å². The van der Waals surface area contributed by atoms with Crippen LogP contribution >= 0.6 is 0 Å². The Kier molecular flexibility index (Phi) is 5.02. The topological polar surface area (TPSA) is 0 Å². The zero-order chi connectivity index (χ0) is 19.6. The van der Waals surface area contributed by atoms with Gasteiger partial charge in [-0.25, -0.2) is 8.78 Å². The summed E-state index contributed by atoms with van der Waals surface area (Å²) in [6.45, 7) is 2.23. The third kappa shape index (κ3) is 4.37. The van der Waals surface area contributed by atoms with E-state index in [9.17, 15) is 8.78 Å². The van der Waals surface area contributed by atoms with Crippen LogP contribution in [0.25, 0.3) is 0 Å². The van der Waals surface area contributed by atoms with Crippen molar-refractivity contribution in [2.24, 2.45) is 17.8 Å². The number of rotatable bonds is 5. The summed E-state index contributed by atoms with van der Waals surface area (Å²) in [5.41, 5.74) is 0.417. The Labute approximate surface area is 150 Å². The highest BCUT2D eigenvalue weighted by Crippen LogP contribution is 2.44. The Morgan fingerprint density at radius 3 is 2.42 bits per heavy atom. The van der Waals surface area contributed by atoms with Crippen LogP contribution in [-0.4, -0.2) is 0 Å². The van der Waals surface area contributed by atoms with Gasteiger partial charge in [0.25, 0.3) is 0 Å². The van der Waals surface area contributed by atoms with Crippen LogP contribution in [0.3, 0.4) is 0 Å². The summed E-state index contributed by atoms with van der Waals surface area (Å²) < 4.78 is 52.6. The van der Waals surface area contributed by atoms with Crippen LogP contribution in [0.1, 0.15) is 93.1 Å². The molecule has 3 rings (SSSR count). The minimum absolute atomic E-state index is 0.233. The zero-order valence-corrected chi connectivity index (χ0v) is 14.7. The van der Waals surface area contributed by atoms with Crippen molar-refractivity contribution < 1.29 is 12.9 Å². The van der Waals surface area contributed by atoms with Crippen molar-refractivity contribution in [3.8, 4) is 0 Å². The lowest BCUT2D eigenvalue weighted by Crippen LogP contribution is -2.25. The first-order chi connectivity index (χ1) is 12.8. The number of halogens is 2. The molecule has 0 heterocycles. The second-order valence-corrected chi connectivity index (χ2v) is 7.71. The average molecular weight is 338 g/mol. The number of benzene rings is 1. The zero-order valence-electron chi connectivity index (χ0n) is 17.7. The summed E-state index contributed by atoms with van der Waals surface area (Å²) >= 11 is 0. The minimum atomic E-state index is -1.56. The molecule has 1 unspecified atom stereocenters. The molecule has 0 saturated heterocycles. The van der Waals surface area contributed by atoms with E-state index in [1.165, 1.54) is 38.2 Å². The highest BCUT2D eigenvalue weighted by Gasteiger charge is 2.31. The quantitative estimate of drug-likeness (QED) is 0.531. The minimum Gasteiger partial charge on any atom is -0.204 e. The smallest absolute Gasteiger partial charge is 0.159 e. The van der Waals surface area contributed by atoms with Crippen molar-refractivity contribution >= 4 is 0 Å². The van der Waals surface area contributed by atoms with Crippen LogP contribution in [0.5, 0.6) is 0 Å². The van der Waals surface area contributed by atoms with Gasteiger partial charge in [-0.15, -0.1) is 0 Å². The molecule has 1 aromatic carbocycles. The van der Waals surface area contributed by atoms with Gasteiger partial charge in [0.15, 0.2) is 11.6 Å². The van der Waals surface area contributed by atoms with Gasteiger partial charge in [0.1, 0.15) is 0 Å². The van der Waals surface area contributed by atoms with Gasteiger partial charge in [-0.1, -0.05) is 45.1 Å². The average Bonchev–Trinajstić information content (AvgIpc) is 2.62. The van der Waals surface area contributed by atoms with E-state index in [-0.39, 0.29) is 5.92 Å². The van der Waals surface area contributed by atoms with Crippen molar-refractivity contribution in [2.45, 2.75) is 83.4 Å². The maximum atomic E-state index is 13.6. The largest absolute Gasteiger partial charge is 0.204 e. The molecule has 0 amide bonds. The molecule has 2 aliphatic rings. The van der Waals surface area contributed by atoms with Crippen LogP contribution in [0.4, 0.5) is 8.78 Å². The van der Waals surface area contributed by atoms with Gasteiger partial charge in [0.2, 0.25) is 0 Å². The van der Waals surface area contributed by atoms with Crippen LogP contribution in [0.15, 0.2) is 18.2 Å². The molecule has 2 fully saturated rings. The van der Waals surface area contributed by atoms with Crippen molar-refractivity contribution in [1.29, 1.82) is 0 Å². The normalized spacial score (nSPS) is 38.1. The Bertz CT molecular complexity index is 626. The van der Waals surface area contributed by atoms with Crippen LogP contribution in [-0.2, 0) is 0 Å². The van der Waals surface area contributed by atoms with Crippen molar-refractivity contribution in [1.82, 2.24) is 0 Å². The lowest BCUT2D eigenvalue weighted by atomic mass is 9.68.